The van der Waals surface area contributed by atoms with Crippen molar-refractivity contribution in [3.63, 3.8) is 0 Å². The van der Waals surface area contributed by atoms with Crippen molar-refractivity contribution >= 4 is 39.3 Å². The molecule has 1 aromatic heterocycles. The summed E-state index contributed by atoms with van der Waals surface area (Å²) in [5.41, 5.74) is 2.57. The first-order chi connectivity index (χ1) is 12.1. The van der Waals surface area contributed by atoms with E-state index < -0.39 is 0 Å². The zero-order valence-electron chi connectivity index (χ0n) is 14.3. The molecule has 0 spiro atoms. The van der Waals surface area contributed by atoms with Crippen LogP contribution in [0.3, 0.4) is 0 Å². The van der Waals surface area contributed by atoms with Gasteiger partial charge in [-0.15, -0.1) is 0 Å². The third-order valence-electron chi connectivity index (χ3n) is 4.15. The smallest absolute Gasteiger partial charge is 0.259 e. The van der Waals surface area contributed by atoms with Crippen LogP contribution >= 0.6 is 11.6 Å². The zero-order chi connectivity index (χ0) is 17.8. The van der Waals surface area contributed by atoms with Crippen molar-refractivity contribution in [2.45, 2.75) is 13.8 Å². The van der Waals surface area contributed by atoms with E-state index >= 15 is 0 Å². The first-order valence-corrected chi connectivity index (χ1v) is 8.71. The van der Waals surface area contributed by atoms with Gasteiger partial charge in [0.25, 0.3) is 5.56 Å². The lowest BCUT2D eigenvalue weighted by atomic mass is 10.1. The Morgan fingerprint density at radius 2 is 1.80 bits per heavy atom. The van der Waals surface area contributed by atoms with Crippen LogP contribution in [0.1, 0.15) is 25.2 Å². The van der Waals surface area contributed by atoms with E-state index in [-0.39, 0.29) is 5.56 Å². The third kappa shape index (κ3) is 3.74. The molecule has 5 heteroatoms. The highest BCUT2D eigenvalue weighted by Crippen LogP contribution is 2.22. The van der Waals surface area contributed by atoms with Crippen molar-refractivity contribution in [2.24, 2.45) is 0 Å². The molecule has 0 saturated heterocycles. The van der Waals surface area contributed by atoms with Crippen LogP contribution in [0.5, 0.6) is 0 Å². The number of fused-ring (bicyclic) bond motifs is 1. The quantitative estimate of drug-likeness (QED) is 0.734. The second kappa shape index (κ2) is 7.53. The summed E-state index contributed by atoms with van der Waals surface area (Å²) in [6.07, 6.45) is 1.81. The minimum absolute atomic E-state index is 0.191. The second-order valence-electron chi connectivity index (χ2n) is 5.69. The predicted octanol–water partition coefficient (Wildman–Crippen LogP) is 4.51. The average Bonchev–Trinajstić information content (AvgIpc) is 2.64. The summed E-state index contributed by atoms with van der Waals surface area (Å²) in [6.45, 7) is 6.20. The normalized spacial score (nSPS) is 11.7. The first-order valence-electron chi connectivity index (χ1n) is 8.34. The highest BCUT2D eigenvalue weighted by molar-refractivity contribution is 6.50. The van der Waals surface area contributed by atoms with Gasteiger partial charge in [-0.3, -0.25) is 4.79 Å². The van der Waals surface area contributed by atoms with Gasteiger partial charge in [-0.05, 0) is 49.8 Å². The van der Waals surface area contributed by atoms with Gasteiger partial charge in [0.15, 0.2) is 5.82 Å². The lowest BCUT2D eigenvalue weighted by molar-refractivity contribution is 0.866. The van der Waals surface area contributed by atoms with Crippen LogP contribution in [0.25, 0.3) is 22.0 Å². The van der Waals surface area contributed by atoms with Gasteiger partial charge in [-0.25, -0.2) is 4.98 Å². The molecule has 0 saturated carbocycles. The number of H-pyrrole nitrogens is 1. The topological polar surface area (TPSA) is 49.0 Å². The number of nitrogens with zero attached hydrogens (tertiary/aromatic N) is 2. The maximum atomic E-state index is 12.2. The molecule has 4 nitrogen and oxygen atoms in total. The van der Waals surface area contributed by atoms with Crippen molar-refractivity contribution in [1.82, 2.24) is 9.97 Å². The Balaban J connectivity index is 1.92. The van der Waals surface area contributed by atoms with Gasteiger partial charge in [0, 0.05) is 18.8 Å². The van der Waals surface area contributed by atoms with Gasteiger partial charge in [0.1, 0.15) is 0 Å². The standard InChI is InChI=1S/C20H20ClN3O/c1-3-24(4-2)15-11-9-14(10-12-15)13-17(21)19-22-18-8-6-5-7-16(18)20(25)23-19/h5-13H,3-4H2,1-2H3,(H,22,23,25). The van der Waals surface area contributed by atoms with Gasteiger partial charge in [-0.2, -0.15) is 0 Å². The summed E-state index contributed by atoms with van der Waals surface area (Å²) in [5.74, 6) is 0.373. The van der Waals surface area contributed by atoms with Crippen molar-refractivity contribution in [3.8, 4) is 0 Å². The predicted molar refractivity (Wildman–Crippen MR) is 106 cm³/mol. The van der Waals surface area contributed by atoms with Crippen molar-refractivity contribution < 1.29 is 0 Å². The molecule has 0 radical (unpaired) electrons. The number of benzene rings is 2. The minimum Gasteiger partial charge on any atom is -0.372 e. The maximum absolute atomic E-state index is 12.2. The lowest BCUT2D eigenvalue weighted by Gasteiger charge is -2.20. The van der Waals surface area contributed by atoms with Gasteiger partial charge < -0.3 is 9.88 Å². The number of aromatic amines is 1. The Hall–Kier alpha value is -2.59. The number of aromatic nitrogens is 2. The number of halogens is 1. The van der Waals surface area contributed by atoms with E-state index in [0.29, 0.717) is 21.8 Å². The zero-order valence-corrected chi connectivity index (χ0v) is 15.0. The van der Waals surface area contributed by atoms with Crippen LogP contribution in [0, 0.1) is 0 Å². The summed E-state index contributed by atoms with van der Waals surface area (Å²) in [5, 5.41) is 0.956. The molecule has 0 unspecified atom stereocenters. The molecule has 3 aromatic rings. The fourth-order valence-corrected chi connectivity index (χ4v) is 3.00. The van der Waals surface area contributed by atoms with Gasteiger partial charge in [0.05, 0.1) is 15.9 Å². The van der Waals surface area contributed by atoms with Crippen LogP contribution in [0.15, 0.2) is 53.3 Å². The summed E-state index contributed by atoms with van der Waals surface area (Å²) < 4.78 is 0. The van der Waals surface area contributed by atoms with Crippen molar-refractivity contribution in [3.05, 3.63) is 70.3 Å². The number of anilines is 1. The molecule has 0 aliphatic carbocycles. The Kier molecular flexibility index (Phi) is 5.19. The molecule has 3 rings (SSSR count). The molecule has 0 fully saturated rings. The first kappa shape index (κ1) is 17.2. The lowest BCUT2D eigenvalue weighted by Crippen LogP contribution is -2.21. The Morgan fingerprint density at radius 1 is 1.12 bits per heavy atom. The van der Waals surface area contributed by atoms with E-state index in [4.69, 9.17) is 11.6 Å². The van der Waals surface area contributed by atoms with Gasteiger partial charge in [0.2, 0.25) is 0 Å². The number of rotatable bonds is 5. The molecule has 1 heterocycles. The average molecular weight is 354 g/mol. The van der Waals surface area contributed by atoms with E-state index in [2.05, 4.69) is 40.8 Å². The fourth-order valence-electron chi connectivity index (χ4n) is 2.78. The van der Waals surface area contributed by atoms with Crippen molar-refractivity contribution in [2.75, 3.05) is 18.0 Å². The number of hydrogen-bond donors (Lipinski definition) is 1. The third-order valence-corrected chi connectivity index (χ3v) is 4.44. The Bertz CT molecular complexity index is 957. The van der Waals surface area contributed by atoms with E-state index in [1.54, 1.807) is 18.2 Å². The van der Waals surface area contributed by atoms with E-state index in [0.717, 1.165) is 18.7 Å². The van der Waals surface area contributed by atoms with Crippen molar-refractivity contribution in [1.29, 1.82) is 0 Å². The van der Waals surface area contributed by atoms with E-state index in [9.17, 15) is 4.79 Å². The summed E-state index contributed by atoms with van der Waals surface area (Å²) in [6, 6.07) is 15.4. The molecule has 128 valence electrons. The molecule has 0 amide bonds. The SMILES string of the molecule is CCN(CC)c1ccc(C=C(Cl)c2nc3ccccc3c(=O)[nH]2)cc1. The van der Waals surface area contributed by atoms with Gasteiger partial charge in [-0.1, -0.05) is 35.9 Å². The second-order valence-corrected chi connectivity index (χ2v) is 6.09. The maximum Gasteiger partial charge on any atom is 0.259 e. The van der Waals surface area contributed by atoms with Gasteiger partial charge >= 0.3 is 0 Å². The highest BCUT2D eigenvalue weighted by Gasteiger charge is 2.07. The molecule has 25 heavy (non-hydrogen) atoms. The van der Waals surface area contributed by atoms with Crippen LogP contribution in [-0.2, 0) is 0 Å². The van der Waals surface area contributed by atoms with E-state index in [1.807, 2.05) is 24.3 Å². The monoisotopic (exact) mass is 353 g/mol. The molecule has 0 atom stereocenters. The number of nitrogens with one attached hydrogen (secondary N) is 1. The largest absolute Gasteiger partial charge is 0.372 e. The molecule has 2 aromatic carbocycles. The molecule has 0 aliphatic heterocycles. The minimum atomic E-state index is -0.191. The summed E-state index contributed by atoms with van der Waals surface area (Å²) in [4.78, 5) is 21.6. The van der Waals surface area contributed by atoms with Crippen LogP contribution in [0.4, 0.5) is 5.69 Å². The molecular weight excluding hydrogens is 334 g/mol. The summed E-state index contributed by atoms with van der Waals surface area (Å²) >= 11 is 6.39. The van der Waals surface area contributed by atoms with Crippen LogP contribution in [-0.4, -0.2) is 23.1 Å². The summed E-state index contributed by atoms with van der Waals surface area (Å²) in [7, 11) is 0. The molecule has 1 N–H and O–H groups in total. The number of hydrogen-bond acceptors (Lipinski definition) is 3. The van der Waals surface area contributed by atoms with Crippen LogP contribution in [0.2, 0.25) is 0 Å². The molecular formula is C20H20ClN3O. The molecule has 0 aliphatic rings. The Morgan fingerprint density at radius 3 is 2.48 bits per heavy atom. The Labute approximate surface area is 151 Å². The fraction of sp³-hybridized carbons (Fsp3) is 0.200. The molecule has 0 bridgehead atoms. The number of para-hydroxylation sites is 1. The van der Waals surface area contributed by atoms with Crippen LogP contribution < -0.4 is 10.5 Å². The van der Waals surface area contributed by atoms with E-state index in [1.165, 1.54) is 5.69 Å². The highest BCUT2D eigenvalue weighted by atomic mass is 35.5.